The van der Waals surface area contributed by atoms with Crippen LogP contribution in [-0.2, 0) is 6.42 Å². The molecule has 0 amide bonds. The SMILES string of the molecule is N[C@@H]1C[C@H](N)CN(c2cc(N3C[C@H](N)C[C@H](N)C3)nc(Cc3ccccc3)n2)C1. The summed E-state index contributed by atoms with van der Waals surface area (Å²) in [5, 5.41) is 0. The molecule has 8 nitrogen and oxygen atoms in total. The predicted octanol–water partition coefficient (Wildman–Crippen LogP) is -0.203. The van der Waals surface area contributed by atoms with Gasteiger partial charge in [-0.2, -0.15) is 0 Å². The van der Waals surface area contributed by atoms with Gasteiger partial charge in [0.25, 0.3) is 0 Å². The van der Waals surface area contributed by atoms with Gasteiger partial charge >= 0.3 is 0 Å². The minimum atomic E-state index is 0.0477. The lowest BCUT2D eigenvalue weighted by molar-refractivity contribution is 0.445. The summed E-state index contributed by atoms with van der Waals surface area (Å²) in [4.78, 5) is 14.1. The van der Waals surface area contributed by atoms with Gasteiger partial charge in [0.2, 0.25) is 0 Å². The molecule has 156 valence electrons. The van der Waals surface area contributed by atoms with Crippen LogP contribution in [-0.4, -0.2) is 60.3 Å². The molecule has 3 heterocycles. The van der Waals surface area contributed by atoms with E-state index in [2.05, 4.69) is 21.9 Å². The second-order valence-corrected chi connectivity index (χ2v) is 8.48. The summed E-state index contributed by atoms with van der Waals surface area (Å²) < 4.78 is 0. The van der Waals surface area contributed by atoms with Crippen molar-refractivity contribution in [1.29, 1.82) is 0 Å². The van der Waals surface area contributed by atoms with Crippen LogP contribution in [0.4, 0.5) is 11.6 Å². The highest BCUT2D eigenvalue weighted by atomic mass is 15.3. The van der Waals surface area contributed by atoms with Gasteiger partial charge in [0.05, 0.1) is 0 Å². The highest BCUT2D eigenvalue weighted by molar-refractivity contribution is 5.52. The monoisotopic (exact) mass is 396 g/mol. The number of hydrogen-bond acceptors (Lipinski definition) is 8. The Balaban J connectivity index is 1.67. The van der Waals surface area contributed by atoms with Crippen LogP contribution in [0, 0.1) is 0 Å². The Hall–Kier alpha value is -2.26. The molecule has 8 heteroatoms. The zero-order chi connectivity index (χ0) is 20.4. The van der Waals surface area contributed by atoms with Crippen LogP contribution in [0.25, 0.3) is 0 Å². The Morgan fingerprint density at radius 2 is 1.17 bits per heavy atom. The molecular weight excluding hydrogens is 364 g/mol. The third-order valence-corrected chi connectivity index (χ3v) is 5.63. The number of piperidine rings is 2. The Morgan fingerprint density at radius 3 is 1.62 bits per heavy atom. The maximum atomic E-state index is 6.22. The van der Waals surface area contributed by atoms with E-state index < -0.39 is 0 Å². The molecule has 2 aliphatic rings. The molecule has 0 radical (unpaired) electrons. The van der Waals surface area contributed by atoms with E-state index in [1.54, 1.807) is 0 Å². The predicted molar refractivity (Wildman–Crippen MR) is 117 cm³/mol. The molecule has 0 aliphatic carbocycles. The highest BCUT2D eigenvalue weighted by Gasteiger charge is 2.27. The second kappa shape index (κ2) is 8.62. The van der Waals surface area contributed by atoms with Gasteiger partial charge < -0.3 is 32.7 Å². The van der Waals surface area contributed by atoms with Crippen LogP contribution in [0.1, 0.15) is 24.2 Å². The second-order valence-electron chi connectivity index (χ2n) is 8.48. The molecule has 4 atom stereocenters. The topological polar surface area (TPSA) is 136 Å². The van der Waals surface area contributed by atoms with E-state index in [-0.39, 0.29) is 24.2 Å². The summed E-state index contributed by atoms with van der Waals surface area (Å²) in [6.45, 7) is 2.98. The van der Waals surface area contributed by atoms with Crippen molar-refractivity contribution in [3.8, 4) is 0 Å². The molecule has 1 aromatic heterocycles. The van der Waals surface area contributed by atoms with Crippen molar-refractivity contribution in [2.75, 3.05) is 36.0 Å². The molecule has 0 spiro atoms. The Kier molecular flexibility index (Phi) is 5.96. The van der Waals surface area contributed by atoms with Gasteiger partial charge in [-0.3, -0.25) is 0 Å². The Bertz CT molecular complexity index is 749. The third-order valence-electron chi connectivity index (χ3n) is 5.63. The van der Waals surface area contributed by atoms with Gasteiger partial charge in [0.1, 0.15) is 17.5 Å². The average Bonchev–Trinajstić information content (AvgIpc) is 2.67. The normalized spacial score (nSPS) is 27.9. The van der Waals surface area contributed by atoms with Crippen molar-refractivity contribution in [3.63, 3.8) is 0 Å². The van der Waals surface area contributed by atoms with Gasteiger partial charge in [-0.05, 0) is 18.4 Å². The number of nitrogens with two attached hydrogens (primary N) is 4. The van der Waals surface area contributed by atoms with Gasteiger partial charge in [-0.15, -0.1) is 0 Å². The first kappa shape index (κ1) is 20.0. The number of hydrogen-bond donors (Lipinski definition) is 4. The molecule has 29 heavy (non-hydrogen) atoms. The fourth-order valence-electron chi connectivity index (χ4n) is 4.38. The molecule has 2 saturated heterocycles. The highest BCUT2D eigenvalue weighted by Crippen LogP contribution is 2.25. The lowest BCUT2D eigenvalue weighted by atomic mass is 10.0. The zero-order valence-corrected chi connectivity index (χ0v) is 16.8. The van der Waals surface area contributed by atoms with E-state index in [9.17, 15) is 0 Å². The third kappa shape index (κ3) is 5.02. The summed E-state index contributed by atoms with van der Waals surface area (Å²) in [5.41, 5.74) is 26.1. The maximum absolute atomic E-state index is 6.22. The van der Waals surface area contributed by atoms with E-state index in [1.807, 2.05) is 24.3 Å². The van der Waals surface area contributed by atoms with Crippen molar-refractivity contribution >= 4 is 11.6 Å². The largest absolute Gasteiger partial charge is 0.353 e. The van der Waals surface area contributed by atoms with Crippen molar-refractivity contribution in [2.24, 2.45) is 22.9 Å². The summed E-state index contributed by atoms with van der Waals surface area (Å²) in [7, 11) is 0. The van der Waals surface area contributed by atoms with Crippen LogP contribution >= 0.6 is 0 Å². The first-order chi connectivity index (χ1) is 14.0. The smallest absolute Gasteiger partial charge is 0.137 e. The molecule has 2 aliphatic heterocycles. The number of benzene rings is 1. The van der Waals surface area contributed by atoms with Crippen LogP contribution in [0.15, 0.2) is 36.4 Å². The van der Waals surface area contributed by atoms with Crippen LogP contribution in [0.3, 0.4) is 0 Å². The average molecular weight is 397 g/mol. The van der Waals surface area contributed by atoms with E-state index in [0.29, 0.717) is 6.42 Å². The van der Waals surface area contributed by atoms with Gasteiger partial charge in [0.15, 0.2) is 0 Å². The summed E-state index contributed by atoms with van der Waals surface area (Å²) in [6, 6.07) is 12.5. The lowest BCUT2D eigenvalue weighted by Crippen LogP contribution is -2.53. The number of anilines is 2. The fraction of sp³-hybridized carbons (Fsp3) is 0.524. The molecule has 0 unspecified atom stereocenters. The first-order valence-electron chi connectivity index (χ1n) is 10.4. The molecule has 2 aromatic rings. The van der Waals surface area contributed by atoms with Crippen molar-refractivity contribution in [1.82, 2.24) is 9.97 Å². The van der Waals surface area contributed by atoms with Gasteiger partial charge in [-0.1, -0.05) is 30.3 Å². The van der Waals surface area contributed by atoms with Crippen LogP contribution in [0.5, 0.6) is 0 Å². The summed E-state index contributed by atoms with van der Waals surface area (Å²) in [5.74, 6) is 2.53. The van der Waals surface area contributed by atoms with E-state index in [1.165, 1.54) is 5.56 Å². The fourth-order valence-corrected chi connectivity index (χ4v) is 4.38. The van der Waals surface area contributed by atoms with Crippen molar-refractivity contribution < 1.29 is 0 Å². The number of aromatic nitrogens is 2. The standard InChI is InChI=1S/C21H32N8/c22-15-7-16(23)11-28(10-15)20-9-21(29-12-17(24)8-18(25)13-29)27-19(26-20)6-14-4-2-1-3-5-14/h1-5,9,15-18H,6-8,10-13,22-25H2/t15-,16+,17-,18+. The maximum Gasteiger partial charge on any atom is 0.137 e. The Morgan fingerprint density at radius 1 is 0.724 bits per heavy atom. The van der Waals surface area contributed by atoms with Crippen molar-refractivity contribution in [3.05, 3.63) is 47.8 Å². The van der Waals surface area contributed by atoms with Crippen molar-refractivity contribution in [2.45, 2.75) is 43.4 Å². The molecule has 4 rings (SSSR count). The molecule has 0 bridgehead atoms. The van der Waals surface area contributed by atoms with Crippen LogP contribution in [0.2, 0.25) is 0 Å². The Labute approximate surface area is 172 Å². The molecule has 2 fully saturated rings. The van der Waals surface area contributed by atoms with E-state index >= 15 is 0 Å². The van der Waals surface area contributed by atoms with Crippen LogP contribution < -0.4 is 32.7 Å². The minimum absolute atomic E-state index is 0.0477. The summed E-state index contributed by atoms with van der Waals surface area (Å²) in [6.07, 6.45) is 2.34. The molecule has 1 aromatic carbocycles. The minimum Gasteiger partial charge on any atom is -0.353 e. The molecule has 8 N–H and O–H groups in total. The van der Waals surface area contributed by atoms with Gasteiger partial charge in [-0.25, -0.2) is 9.97 Å². The van der Waals surface area contributed by atoms with E-state index in [4.69, 9.17) is 32.9 Å². The quantitative estimate of drug-likeness (QED) is 0.558. The first-order valence-corrected chi connectivity index (χ1v) is 10.4. The lowest BCUT2D eigenvalue weighted by Gasteiger charge is -2.38. The van der Waals surface area contributed by atoms with Gasteiger partial charge in [0, 0.05) is 62.8 Å². The van der Waals surface area contributed by atoms with E-state index in [0.717, 1.165) is 56.5 Å². The summed E-state index contributed by atoms with van der Waals surface area (Å²) >= 11 is 0. The molecule has 0 saturated carbocycles. The number of rotatable bonds is 4. The molecular formula is C21H32N8. The number of nitrogens with zero attached hydrogens (tertiary/aromatic N) is 4. The zero-order valence-electron chi connectivity index (χ0n) is 16.8.